The molecular formula is C9H14F6OSi. The van der Waals surface area contributed by atoms with Crippen LogP contribution in [0.4, 0.5) is 26.3 Å². The molecule has 0 amide bonds. The fraction of sp³-hybridized carbons (Fsp3) is 1.00. The quantitative estimate of drug-likeness (QED) is 0.549. The van der Waals surface area contributed by atoms with Gasteiger partial charge in [0.15, 0.2) is 0 Å². The van der Waals surface area contributed by atoms with Crippen LogP contribution in [0, 0.1) is 0 Å². The summed E-state index contributed by atoms with van der Waals surface area (Å²) < 4.78 is 78.8. The van der Waals surface area contributed by atoms with Crippen LogP contribution in [0.2, 0.25) is 25.7 Å². The normalized spacial score (nSPS) is 25.6. The fourth-order valence-corrected chi connectivity index (χ4v) is 3.51. The summed E-state index contributed by atoms with van der Waals surface area (Å²) in [7, 11) is -1.73. The second-order valence-corrected chi connectivity index (χ2v) is 11.1. The lowest BCUT2D eigenvalue weighted by Gasteiger charge is -2.50. The fourth-order valence-electron chi connectivity index (χ4n) is 1.92. The van der Waals surface area contributed by atoms with Crippen LogP contribution in [0.3, 0.4) is 0 Å². The summed E-state index contributed by atoms with van der Waals surface area (Å²) >= 11 is 0. The van der Waals surface area contributed by atoms with E-state index < -0.39 is 38.6 Å². The zero-order valence-corrected chi connectivity index (χ0v) is 10.7. The molecule has 8 heteroatoms. The van der Waals surface area contributed by atoms with Crippen molar-refractivity contribution in [2.45, 2.75) is 56.2 Å². The number of hydrogen-bond donors (Lipinski definition) is 0. The zero-order valence-electron chi connectivity index (χ0n) is 9.67. The molecule has 0 aromatic carbocycles. The van der Waals surface area contributed by atoms with Crippen LogP contribution < -0.4 is 0 Å². The lowest BCUT2D eigenvalue weighted by atomic mass is 9.88. The van der Waals surface area contributed by atoms with Crippen molar-refractivity contribution in [3.63, 3.8) is 0 Å². The monoisotopic (exact) mass is 280 g/mol. The number of halogens is 6. The van der Waals surface area contributed by atoms with E-state index in [9.17, 15) is 26.3 Å². The molecule has 17 heavy (non-hydrogen) atoms. The van der Waals surface area contributed by atoms with Gasteiger partial charge in [-0.2, -0.15) is 26.3 Å². The van der Waals surface area contributed by atoms with Crippen molar-refractivity contribution in [1.82, 2.24) is 0 Å². The van der Waals surface area contributed by atoms with Crippen LogP contribution in [0.25, 0.3) is 0 Å². The van der Waals surface area contributed by atoms with Gasteiger partial charge in [0.2, 0.25) is 0 Å². The Morgan fingerprint density at radius 3 is 1.65 bits per heavy atom. The van der Waals surface area contributed by atoms with E-state index in [0.29, 0.717) is 6.04 Å². The van der Waals surface area contributed by atoms with E-state index in [1.165, 1.54) is 0 Å². The van der Waals surface area contributed by atoms with Crippen LogP contribution in [0.1, 0.15) is 6.42 Å². The molecule has 0 bridgehead atoms. The highest BCUT2D eigenvalue weighted by Gasteiger charge is 2.77. The first kappa shape index (κ1) is 14.8. The molecular weight excluding hydrogens is 266 g/mol. The van der Waals surface area contributed by atoms with Crippen molar-refractivity contribution in [2.75, 3.05) is 0 Å². The zero-order chi connectivity index (χ0) is 13.7. The summed E-state index contributed by atoms with van der Waals surface area (Å²) in [6.45, 7) is 5.62. The molecule has 0 N–H and O–H groups in total. The molecule has 1 fully saturated rings. The van der Waals surface area contributed by atoms with Crippen LogP contribution in [-0.2, 0) is 4.74 Å². The lowest BCUT2D eigenvalue weighted by molar-refractivity contribution is -0.436. The number of alkyl halides is 6. The minimum absolute atomic E-state index is 0.306. The molecule has 1 unspecified atom stereocenters. The van der Waals surface area contributed by atoms with Crippen molar-refractivity contribution in [3.8, 4) is 0 Å². The van der Waals surface area contributed by atoms with E-state index in [4.69, 9.17) is 0 Å². The standard InChI is InChI=1S/C9H14F6OSi/c1-17(2,3)5-6-4-7(16-6,8(10,11)12)9(13,14)15/h6H,4-5H2,1-3H3. The van der Waals surface area contributed by atoms with Gasteiger partial charge in [0.1, 0.15) is 0 Å². The molecule has 1 nitrogen and oxygen atoms in total. The van der Waals surface area contributed by atoms with Gasteiger partial charge in [0.05, 0.1) is 6.10 Å². The second kappa shape index (κ2) is 3.88. The van der Waals surface area contributed by atoms with Crippen LogP contribution >= 0.6 is 0 Å². The first-order valence-corrected chi connectivity index (χ1v) is 8.80. The van der Waals surface area contributed by atoms with Gasteiger partial charge >= 0.3 is 12.4 Å². The van der Waals surface area contributed by atoms with Gasteiger partial charge in [-0.05, 0) is 6.04 Å². The summed E-state index contributed by atoms with van der Waals surface area (Å²) in [5.74, 6) is 0. The maximum absolute atomic E-state index is 12.4. The predicted molar refractivity (Wildman–Crippen MR) is 52.5 cm³/mol. The highest BCUT2D eigenvalue weighted by atomic mass is 28.3. The van der Waals surface area contributed by atoms with E-state index in [1.54, 1.807) is 0 Å². The molecule has 1 saturated heterocycles. The number of hydrogen-bond acceptors (Lipinski definition) is 1. The largest absolute Gasteiger partial charge is 0.426 e. The SMILES string of the molecule is C[Si](C)(C)CC1CC(C(F)(F)F)(C(F)(F)F)O1. The van der Waals surface area contributed by atoms with E-state index >= 15 is 0 Å². The average Bonchev–Trinajstić information content (AvgIpc) is 1.87. The Labute approximate surface area is 96.1 Å². The topological polar surface area (TPSA) is 9.23 Å². The van der Waals surface area contributed by atoms with Crippen molar-refractivity contribution in [3.05, 3.63) is 0 Å². The smallest absolute Gasteiger partial charge is 0.355 e. The Morgan fingerprint density at radius 1 is 1.06 bits per heavy atom. The minimum atomic E-state index is -5.40. The Hall–Kier alpha value is -0.243. The third-order valence-corrected chi connectivity index (χ3v) is 4.32. The van der Waals surface area contributed by atoms with Gasteiger partial charge < -0.3 is 4.74 Å². The van der Waals surface area contributed by atoms with E-state index in [0.717, 1.165) is 0 Å². The van der Waals surface area contributed by atoms with Crippen LogP contribution in [0.15, 0.2) is 0 Å². The first-order chi connectivity index (χ1) is 7.29. The molecule has 1 atom stereocenters. The molecule has 0 aromatic rings. The molecule has 1 rings (SSSR count). The summed E-state index contributed by atoms with van der Waals surface area (Å²) in [5.41, 5.74) is -3.94. The summed E-state index contributed by atoms with van der Waals surface area (Å²) in [4.78, 5) is 0. The van der Waals surface area contributed by atoms with Gasteiger partial charge in [-0.25, -0.2) is 0 Å². The number of rotatable bonds is 2. The molecule has 0 saturated carbocycles. The van der Waals surface area contributed by atoms with E-state index in [1.807, 2.05) is 19.6 Å². The second-order valence-electron chi connectivity index (χ2n) is 5.53. The van der Waals surface area contributed by atoms with Crippen LogP contribution in [-0.4, -0.2) is 32.1 Å². The van der Waals surface area contributed by atoms with Gasteiger partial charge in [-0.1, -0.05) is 19.6 Å². The van der Waals surface area contributed by atoms with Crippen molar-refractivity contribution in [2.24, 2.45) is 0 Å². The summed E-state index contributed by atoms with van der Waals surface area (Å²) in [6.07, 6.45) is -12.7. The van der Waals surface area contributed by atoms with Crippen LogP contribution in [0.5, 0.6) is 0 Å². The van der Waals surface area contributed by atoms with Gasteiger partial charge in [0, 0.05) is 14.5 Å². The predicted octanol–water partition coefficient (Wildman–Crippen LogP) is 3.98. The minimum Gasteiger partial charge on any atom is -0.355 e. The molecule has 0 spiro atoms. The van der Waals surface area contributed by atoms with Crippen molar-refractivity contribution >= 4 is 8.07 Å². The molecule has 0 aromatic heterocycles. The third-order valence-electron chi connectivity index (χ3n) is 2.64. The molecule has 1 aliphatic rings. The van der Waals surface area contributed by atoms with Gasteiger partial charge in [0.25, 0.3) is 5.60 Å². The summed E-state index contributed by atoms with van der Waals surface area (Å²) in [6, 6.07) is 0.306. The number of ether oxygens (including phenoxy) is 1. The maximum Gasteiger partial charge on any atom is 0.426 e. The molecule has 1 aliphatic heterocycles. The van der Waals surface area contributed by atoms with E-state index in [-0.39, 0.29) is 0 Å². The third kappa shape index (κ3) is 2.78. The van der Waals surface area contributed by atoms with Crippen molar-refractivity contribution in [1.29, 1.82) is 0 Å². The lowest BCUT2D eigenvalue weighted by Crippen LogP contribution is -2.68. The highest BCUT2D eigenvalue weighted by Crippen LogP contribution is 2.56. The molecule has 0 aliphatic carbocycles. The van der Waals surface area contributed by atoms with Gasteiger partial charge in [-0.3, -0.25) is 0 Å². The Kier molecular flexibility index (Phi) is 3.38. The first-order valence-electron chi connectivity index (χ1n) is 5.10. The highest BCUT2D eigenvalue weighted by molar-refractivity contribution is 6.76. The van der Waals surface area contributed by atoms with Crippen molar-refractivity contribution < 1.29 is 31.1 Å². The van der Waals surface area contributed by atoms with E-state index in [2.05, 4.69) is 4.74 Å². The maximum atomic E-state index is 12.4. The Balaban J connectivity index is 2.78. The molecule has 0 radical (unpaired) electrons. The Morgan fingerprint density at radius 2 is 1.41 bits per heavy atom. The molecule has 1 heterocycles. The Bertz CT molecular complexity index is 267. The molecule has 102 valence electrons. The average molecular weight is 280 g/mol. The van der Waals surface area contributed by atoms with Gasteiger partial charge in [-0.15, -0.1) is 0 Å². The summed E-state index contributed by atoms with van der Waals surface area (Å²) in [5, 5.41) is 0.